The summed E-state index contributed by atoms with van der Waals surface area (Å²) in [5, 5.41) is 3.81. The van der Waals surface area contributed by atoms with E-state index in [2.05, 4.69) is 24.1 Å². The lowest BCUT2D eigenvalue weighted by atomic mass is 9.85. The van der Waals surface area contributed by atoms with Gasteiger partial charge in [0, 0.05) is 16.5 Å². The van der Waals surface area contributed by atoms with Crippen molar-refractivity contribution in [2.75, 3.05) is 27.3 Å². The van der Waals surface area contributed by atoms with Gasteiger partial charge >= 0.3 is 0 Å². The molecule has 0 radical (unpaired) electrons. The zero-order chi connectivity index (χ0) is 21.5. The fourth-order valence-electron chi connectivity index (χ4n) is 4.51. The number of methoxy groups -OCH3 is 2. The van der Waals surface area contributed by atoms with Crippen LogP contribution in [0.15, 0.2) is 36.4 Å². The van der Waals surface area contributed by atoms with Crippen LogP contribution in [0.25, 0.3) is 22.2 Å². The molecule has 6 heteroatoms. The van der Waals surface area contributed by atoms with Gasteiger partial charge in [-0.05, 0) is 60.3 Å². The van der Waals surface area contributed by atoms with E-state index in [1.54, 1.807) is 14.2 Å². The molecule has 1 aromatic heterocycles. The molecule has 0 saturated carbocycles. The van der Waals surface area contributed by atoms with Crippen LogP contribution in [0.3, 0.4) is 0 Å². The Morgan fingerprint density at radius 1 is 1.03 bits per heavy atom. The Kier molecular flexibility index (Phi) is 5.45. The quantitative estimate of drug-likeness (QED) is 0.564. The first-order valence-corrected chi connectivity index (χ1v) is 10.3. The fourth-order valence-corrected chi connectivity index (χ4v) is 4.51. The Bertz CT molecular complexity index is 1060. The second-order valence-electron chi connectivity index (χ2n) is 8.22. The first kappa shape index (κ1) is 20.7. The van der Waals surface area contributed by atoms with E-state index in [1.807, 2.05) is 36.4 Å². The van der Waals surface area contributed by atoms with E-state index in [4.69, 9.17) is 9.47 Å². The van der Waals surface area contributed by atoms with Gasteiger partial charge in [0.15, 0.2) is 11.5 Å². The number of hydrogen-bond acceptors (Lipinski definition) is 3. The molecule has 0 aliphatic carbocycles. The third kappa shape index (κ3) is 3.54. The summed E-state index contributed by atoms with van der Waals surface area (Å²) in [6, 6.07) is 11.5. The van der Waals surface area contributed by atoms with Crippen LogP contribution in [0.1, 0.15) is 43.2 Å². The van der Waals surface area contributed by atoms with Gasteiger partial charge in [-0.25, -0.2) is 8.78 Å². The van der Waals surface area contributed by atoms with Crippen LogP contribution < -0.4 is 14.8 Å². The Balaban J connectivity index is 1.85. The van der Waals surface area contributed by atoms with Crippen molar-refractivity contribution in [3.05, 3.63) is 47.5 Å². The molecular formula is C24H28F2N2O2. The van der Waals surface area contributed by atoms with E-state index in [9.17, 15) is 8.78 Å². The minimum Gasteiger partial charge on any atom is -0.493 e. The van der Waals surface area contributed by atoms with Gasteiger partial charge in [-0.2, -0.15) is 0 Å². The zero-order valence-corrected chi connectivity index (χ0v) is 17.8. The molecule has 30 heavy (non-hydrogen) atoms. The summed E-state index contributed by atoms with van der Waals surface area (Å²) in [6.45, 7) is 4.59. The number of aromatic amines is 1. The summed E-state index contributed by atoms with van der Waals surface area (Å²) in [5.74, 6) is -1.97. The van der Waals surface area contributed by atoms with Crippen LogP contribution in [-0.4, -0.2) is 38.2 Å². The lowest BCUT2D eigenvalue weighted by Crippen LogP contribution is -2.44. The van der Waals surface area contributed by atoms with Crippen LogP contribution in [0.2, 0.25) is 0 Å². The molecule has 2 heterocycles. The molecular weight excluding hydrogens is 386 g/mol. The van der Waals surface area contributed by atoms with Gasteiger partial charge in [0.1, 0.15) is 0 Å². The van der Waals surface area contributed by atoms with Crippen LogP contribution >= 0.6 is 0 Å². The van der Waals surface area contributed by atoms with Gasteiger partial charge in [-0.15, -0.1) is 0 Å². The Morgan fingerprint density at radius 3 is 2.47 bits per heavy atom. The number of hydrogen-bond donors (Lipinski definition) is 2. The minimum atomic E-state index is -2.74. The maximum absolute atomic E-state index is 14.5. The minimum absolute atomic E-state index is 0.214. The topological polar surface area (TPSA) is 46.3 Å². The van der Waals surface area contributed by atoms with Crippen LogP contribution in [0, 0.1) is 0 Å². The van der Waals surface area contributed by atoms with Crippen LogP contribution in [-0.2, 0) is 0 Å². The van der Waals surface area contributed by atoms with E-state index >= 15 is 0 Å². The number of benzene rings is 2. The summed E-state index contributed by atoms with van der Waals surface area (Å²) in [5.41, 5.74) is 4.73. The molecule has 1 aliphatic heterocycles. The Hall–Kier alpha value is -2.60. The third-order valence-corrected chi connectivity index (χ3v) is 6.00. The molecule has 1 aliphatic rings. The van der Waals surface area contributed by atoms with Crippen molar-refractivity contribution in [1.82, 2.24) is 10.3 Å². The molecule has 4 rings (SSSR count). The first-order chi connectivity index (χ1) is 14.4. The number of alkyl halides is 2. The van der Waals surface area contributed by atoms with Crippen molar-refractivity contribution in [3.8, 4) is 22.8 Å². The predicted molar refractivity (Wildman–Crippen MR) is 116 cm³/mol. The predicted octanol–water partition coefficient (Wildman–Crippen LogP) is 5.69. The standard InChI is InChI=1S/C24H28F2N2O2/c1-14(2)22-17-11-15(18-9-10-27-13-24(18,25)26)5-7-19(17)28-23(22)16-6-8-20(29-3)21(12-16)30-4/h5-8,11-12,14,18,27-28H,9-10,13H2,1-4H3. The Morgan fingerprint density at radius 2 is 1.80 bits per heavy atom. The number of rotatable bonds is 5. The number of H-pyrrole nitrogens is 1. The summed E-state index contributed by atoms with van der Waals surface area (Å²) in [6.07, 6.45) is 0.433. The molecule has 3 aromatic rings. The maximum Gasteiger partial charge on any atom is 0.267 e. The lowest BCUT2D eigenvalue weighted by Gasteiger charge is -2.32. The van der Waals surface area contributed by atoms with Gasteiger partial charge in [-0.1, -0.05) is 19.9 Å². The van der Waals surface area contributed by atoms with E-state index < -0.39 is 11.8 Å². The Labute approximate surface area is 175 Å². The second-order valence-corrected chi connectivity index (χ2v) is 8.22. The van der Waals surface area contributed by atoms with Crippen molar-refractivity contribution in [2.45, 2.75) is 38.0 Å². The van der Waals surface area contributed by atoms with Gasteiger partial charge in [0.05, 0.1) is 32.4 Å². The van der Waals surface area contributed by atoms with Crippen molar-refractivity contribution >= 4 is 10.9 Å². The average Bonchev–Trinajstić information content (AvgIpc) is 3.11. The zero-order valence-electron chi connectivity index (χ0n) is 17.8. The summed E-state index contributed by atoms with van der Waals surface area (Å²) >= 11 is 0. The summed E-state index contributed by atoms with van der Waals surface area (Å²) in [4.78, 5) is 3.51. The van der Waals surface area contributed by atoms with E-state index in [-0.39, 0.29) is 12.5 Å². The highest BCUT2D eigenvalue weighted by Gasteiger charge is 2.42. The number of nitrogens with one attached hydrogen (secondary N) is 2. The van der Waals surface area contributed by atoms with Crippen LogP contribution in [0.4, 0.5) is 8.78 Å². The van der Waals surface area contributed by atoms with Crippen molar-refractivity contribution in [2.24, 2.45) is 0 Å². The first-order valence-electron chi connectivity index (χ1n) is 10.3. The van der Waals surface area contributed by atoms with Gasteiger partial charge < -0.3 is 19.8 Å². The fraction of sp³-hybridized carbons (Fsp3) is 0.417. The van der Waals surface area contributed by atoms with Gasteiger partial charge in [-0.3, -0.25) is 0 Å². The molecule has 2 aromatic carbocycles. The van der Waals surface area contributed by atoms with Crippen LogP contribution in [0.5, 0.6) is 11.5 Å². The van der Waals surface area contributed by atoms with Gasteiger partial charge in [0.25, 0.3) is 5.92 Å². The molecule has 0 spiro atoms. The highest BCUT2D eigenvalue weighted by atomic mass is 19.3. The molecule has 2 N–H and O–H groups in total. The lowest BCUT2D eigenvalue weighted by molar-refractivity contribution is -0.0419. The van der Waals surface area contributed by atoms with Gasteiger partial charge in [0.2, 0.25) is 0 Å². The number of fused-ring (bicyclic) bond motifs is 1. The number of piperidine rings is 1. The molecule has 0 bridgehead atoms. The van der Waals surface area contributed by atoms with E-state index in [0.717, 1.165) is 27.7 Å². The SMILES string of the molecule is COc1ccc(-c2[nH]c3ccc(C4CCNCC4(F)F)cc3c2C(C)C)cc1OC. The largest absolute Gasteiger partial charge is 0.493 e. The van der Waals surface area contributed by atoms with E-state index in [0.29, 0.717) is 30.0 Å². The molecule has 1 unspecified atom stereocenters. The normalized spacial score (nSPS) is 18.7. The molecule has 1 atom stereocenters. The average molecular weight is 414 g/mol. The molecule has 1 fully saturated rings. The number of halogens is 2. The number of ether oxygens (including phenoxy) is 2. The number of aromatic nitrogens is 1. The monoisotopic (exact) mass is 414 g/mol. The highest BCUT2D eigenvalue weighted by Crippen LogP contribution is 2.42. The molecule has 4 nitrogen and oxygen atoms in total. The van der Waals surface area contributed by atoms with E-state index in [1.165, 1.54) is 0 Å². The molecule has 160 valence electrons. The summed E-state index contributed by atoms with van der Waals surface area (Å²) < 4.78 is 39.9. The van der Waals surface area contributed by atoms with Crippen molar-refractivity contribution in [3.63, 3.8) is 0 Å². The smallest absolute Gasteiger partial charge is 0.267 e. The summed E-state index contributed by atoms with van der Waals surface area (Å²) in [7, 11) is 3.22. The third-order valence-electron chi connectivity index (χ3n) is 6.00. The molecule has 0 amide bonds. The highest BCUT2D eigenvalue weighted by molar-refractivity contribution is 5.92. The maximum atomic E-state index is 14.5. The van der Waals surface area contributed by atoms with Crippen molar-refractivity contribution in [1.29, 1.82) is 0 Å². The molecule has 1 saturated heterocycles. The van der Waals surface area contributed by atoms with Crippen molar-refractivity contribution < 1.29 is 18.3 Å². The second kappa shape index (κ2) is 7.91.